The van der Waals surface area contributed by atoms with Gasteiger partial charge in [-0.15, -0.1) is 0 Å². The van der Waals surface area contributed by atoms with E-state index in [0.717, 1.165) is 45.0 Å². The second kappa shape index (κ2) is 6.87. The summed E-state index contributed by atoms with van der Waals surface area (Å²) in [6.45, 7) is 5.15. The highest BCUT2D eigenvalue weighted by Gasteiger charge is 2.16. The highest BCUT2D eigenvalue weighted by molar-refractivity contribution is 6.29. The van der Waals surface area contributed by atoms with Crippen LogP contribution in [0.15, 0.2) is 42.7 Å². The molecule has 1 aliphatic rings. The summed E-state index contributed by atoms with van der Waals surface area (Å²) in [6, 6.07) is 12.5. The van der Waals surface area contributed by atoms with Crippen LogP contribution in [0.3, 0.4) is 0 Å². The standard InChI is InChI=1S/C16H19ClN4/c17-15-11-16(19-13-18-15)21-8-4-7-20(9-10-21)12-14-5-2-1-3-6-14/h1-3,5-6,11,13H,4,7-10,12H2. The third-order valence-corrected chi connectivity index (χ3v) is 3.99. The van der Waals surface area contributed by atoms with Crippen molar-refractivity contribution in [1.82, 2.24) is 14.9 Å². The molecule has 2 heterocycles. The molecule has 2 aromatic rings. The van der Waals surface area contributed by atoms with E-state index in [0.29, 0.717) is 5.15 Å². The van der Waals surface area contributed by atoms with E-state index < -0.39 is 0 Å². The molecule has 0 aliphatic carbocycles. The summed E-state index contributed by atoms with van der Waals surface area (Å²) in [5.74, 6) is 0.927. The maximum Gasteiger partial charge on any atom is 0.134 e. The van der Waals surface area contributed by atoms with Gasteiger partial charge in [-0.3, -0.25) is 4.90 Å². The molecule has 1 saturated heterocycles. The van der Waals surface area contributed by atoms with Gasteiger partial charge in [0.25, 0.3) is 0 Å². The van der Waals surface area contributed by atoms with Crippen LogP contribution in [-0.4, -0.2) is 41.0 Å². The number of aromatic nitrogens is 2. The zero-order chi connectivity index (χ0) is 14.5. The fraction of sp³-hybridized carbons (Fsp3) is 0.375. The van der Waals surface area contributed by atoms with Gasteiger partial charge >= 0.3 is 0 Å². The highest BCUT2D eigenvalue weighted by atomic mass is 35.5. The fourth-order valence-corrected chi connectivity index (χ4v) is 2.84. The summed E-state index contributed by atoms with van der Waals surface area (Å²) in [6.07, 6.45) is 2.67. The van der Waals surface area contributed by atoms with E-state index >= 15 is 0 Å². The van der Waals surface area contributed by atoms with Crippen LogP contribution in [0, 0.1) is 0 Å². The third-order valence-electron chi connectivity index (χ3n) is 3.78. The summed E-state index contributed by atoms with van der Waals surface area (Å²) in [5.41, 5.74) is 1.37. The van der Waals surface area contributed by atoms with Gasteiger partial charge in [0.05, 0.1) is 0 Å². The quantitative estimate of drug-likeness (QED) is 0.816. The molecule has 1 aromatic carbocycles. The number of hydrogen-bond acceptors (Lipinski definition) is 4. The molecule has 0 atom stereocenters. The Bertz CT molecular complexity index is 575. The van der Waals surface area contributed by atoms with Gasteiger partial charge in [-0.2, -0.15) is 0 Å². The molecule has 0 spiro atoms. The Balaban J connectivity index is 1.62. The van der Waals surface area contributed by atoms with Crippen molar-refractivity contribution in [3.63, 3.8) is 0 Å². The van der Waals surface area contributed by atoms with Gasteiger partial charge in [0.2, 0.25) is 0 Å². The van der Waals surface area contributed by atoms with E-state index in [1.165, 1.54) is 11.9 Å². The van der Waals surface area contributed by atoms with Crippen LogP contribution in [0.4, 0.5) is 5.82 Å². The largest absolute Gasteiger partial charge is 0.355 e. The van der Waals surface area contributed by atoms with E-state index in [1.54, 1.807) is 0 Å². The van der Waals surface area contributed by atoms with Crippen molar-refractivity contribution in [2.45, 2.75) is 13.0 Å². The minimum absolute atomic E-state index is 0.505. The molecule has 0 saturated carbocycles. The molecule has 1 aliphatic heterocycles. The van der Waals surface area contributed by atoms with Crippen LogP contribution in [0.2, 0.25) is 5.15 Å². The van der Waals surface area contributed by atoms with Gasteiger partial charge in [0.1, 0.15) is 17.3 Å². The Hall–Kier alpha value is -1.65. The SMILES string of the molecule is Clc1cc(N2CCCN(Cc3ccccc3)CC2)ncn1. The number of rotatable bonds is 3. The zero-order valence-corrected chi connectivity index (χ0v) is 12.7. The Morgan fingerprint density at radius 3 is 2.67 bits per heavy atom. The zero-order valence-electron chi connectivity index (χ0n) is 12.0. The molecular formula is C16H19ClN4. The Morgan fingerprint density at radius 1 is 1.00 bits per heavy atom. The van der Waals surface area contributed by atoms with Gasteiger partial charge in [-0.25, -0.2) is 9.97 Å². The van der Waals surface area contributed by atoms with Gasteiger partial charge in [0, 0.05) is 38.8 Å². The average molecular weight is 303 g/mol. The summed E-state index contributed by atoms with van der Waals surface area (Å²) >= 11 is 5.95. The third kappa shape index (κ3) is 3.93. The van der Waals surface area contributed by atoms with Crippen molar-refractivity contribution >= 4 is 17.4 Å². The lowest BCUT2D eigenvalue weighted by molar-refractivity contribution is 0.285. The first-order valence-corrected chi connectivity index (χ1v) is 7.68. The second-order valence-corrected chi connectivity index (χ2v) is 5.69. The smallest absolute Gasteiger partial charge is 0.134 e. The maximum atomic E-state index is 5.95. The first-order chi connectivity index (χ1) is 10.3. The summed E-state index contributed by atoms with van der Waals surface area (Å²) < 4.78 is 0. The van der Waals surface area contributed by atoms with E-state index in [-0.39, 0.29) is 0 Å². The van der Waals surface area contributed by atoms with Crippen molar-refractivity contribution in [1.29, 1.82) is 0 Å². The van der Waals surface area contributed by atoms with E-state index in [1.807, 2.05) is 6.07 Å². The van der Waals surface area contributed by atoms with Crippen molar-refractivity contribution in [2.75, 3.05) is 31.1 Å². The van der Waals surface area contributed by atoms with Crippen molar-refractivity contribution < 1.29 is 0 Å². The lowest BCUT2D eigenvalue weighted by Gasteiger charge is -2.22. The first kappa shape index (κ1) is 14.3. The molecule has 0 N–H and O–H groups in total. The molecule has 0 radical (unpaired) electrons. The van der Waals surface area contributed by atoms with Gasteiger partial charge in [-0.05, 0) is 12.0 Å². The lowest BCUT2D eigenvalue weighted by Crippen LogP contribution is -2.31. The predicted octanol–water partition coefficient (Wildman–Crippen LogP) is 2.84. The van der Waals surface area contributed by atoms with Crippen LogP contribution >= 0.6 is 11.6 Å². The monoisotopic (exact) mass is 302 g/mol. The second-order valence-electron chi connectivity index (χ2n) is 5.30. The Morgan fingerprint density at radius 2 is 1.86 bits per heavy atom. The summed E-state index contributed by atoms with van der Waals surface area (Å²) in [7, 11) is 0. The molecule has 21 heavy (non-hydrogen) atoms. The maximum absolute atomic E-state index is 5.95. The van der Waals surface area contributed by atoms with Crippen LogP contribution in [0.5, 0.6) is 0 Å². The molecular weight excluding hydrogens is 284 g/mol. The van der Waals surface area contributed by atoms with Crippen LogP contribution in [0.1, 0.15) is 12.0 Å². The number of nitrogens with zero attached hydrogens (tertiary/aromatic N) is 4. The predicted molar refractivity (Wildman–Crippen MR) is 85.6 cm³/mol. The van der Waals surface area contributed by atoms with Crippen molar-refractivity contribution in [2.24, 2.45) is 0 Å². The number of anilines is 1. The average Bonchev–Trinajstić information content (AvgIpc) is 2.74. The molecule has 0 unspecified atom stereocenters. The fourth-order valence-electron chi connectivity index (χ4n) is 2.70. The van der Waals surface area contributed by atoms with E-state index in [4.69, 9.17) is 11.6 Å². The Labute approximate surface area is 130 Å². The minimum Gasteiger partial charge on any atom is -0.355 e. The van der Waals surface area contributed by atoms with Crippen LogP contribution in [0.25, 0.3) is 0 Å². The van der Waals surface area contributed by atoms with Crippen LogP contribution in [-0.2, 0) is 6.54 Å². The molecule has 3 rings (SSSR count). The number of halogens is 1. The summed E-state index contributed by atoms with van der Waals surface area (Å²) in [4.78, 5) is 13.1. The number of benzene rings is 1. The molecule has 5 heteroatoms. The van der Waals surface area contributed by atoms with Crippen molar-refractivity contribution in [3.05, 3.63) is 53.4 Å². The van der Waals surface area contributed by atoms with E-state index in [9.17, 15) is 0 Å². The van der Waals surface area contributed by atoms with Gasteiger partial charge in [-0.1, -0.05) is 41.9 Å². The molecule has 4 nitrogen and oxygen atoms in total. The van der Waals surface area contributed by atoms with Crippen LogP contribution < -0.4 is 4.90 Å². The first-order valence-electron chi connectivity index (χ1n) is 7.30. The molecule has 0 bridgehead atoms. The van der Waals surface area contributed by atoms with Crippen molar-refractivity contribution in [3.8, 4) is 0 Å². The van der Waals surface area contributed by atoms with Gasteiger partial charge in [0.15, 0.2) is 0 Å². The minimum atomic E-state index is 0.505. The molecule has 1 aromatic heterocycles. The lowest BCUT2D eigenvalue weighted by atomic mass is 10.2. The molecule has 1 fully saturated rings. The molecule has 0 amide bonds. The summed E-state index contributed by atoms with van der Waals surface area (Å²) in [5, 5.41) is 0.505. The highest BCUT2D eigenvalue weighted by Crippen LogP contribution is 2.17. The van der Waals surface area contributed by atoms with E-state index in [2.05, 4.69) is 50.1 Å². The topological polar surface area (TPSA) is 32.3 Å². The van der Waals surface area contributed by atoms with Gasteiger partial charge < -0.3 is 4.90 Å². The Kier molecular flexibility index (Phi) is 4.68. The molecule has 110 valence electrons. The normalized spacial score (nSPS) is 16.7. The number of hydrogen-bond donors (Lipinski definition) is 0.